The third-order valence-electron chi connectivity index (χ3n) is 4.36. The van der Waals surface area contributed by atoms with Crippen molar-refractivity contribution in [3.05, 3.63) is 59.2 Å². The van der Waals surface area contributed by atoms with Gasteiger partial charge in [-0.1, -0.05) is 11.6 Å². The lowest BCUT2D eigenvalue weighted by atomic mass is 10.1. The number of anilines is 1. The number of nitrogens with zero attached hydrogens (tertiary/aromatic N) is 3. The second kappa shape index (κ2) is 8.11. The van der Waals surface area contributed by atoms with Gasteiger partial charge in [-0.05, 0) is 60.7 Å². The molecule has 3 rings (SSSR count). The molecule has 1 aromatic heterocycles. The highest BCUT2D eigenvalue weighted by Crippen LogP contribution is 2.37. The summed E-state index contributed by atoms with van der Waals surface area (Å²) in [5, 5.41) is 8.94. The lowest BCUT2D eigenvalue weighted by molar-refractivity contribution is -0.141. The van der Waals surface area contributed by atoms with Crippen molar-refractivity contribution in [2.24, 2.45) is 10.9 Å². The zero-order chi connectivity index (χ0) is 23.1. The third kappa shape index (κ3) is 4.82. The lowest BCUT2D eigenvalue weighted by Gasteiger charge is -2.18. The maximum Gasteiger partial charge on any atom is 0.435 e. The molecule has 0 spiro atoms. The summed E-state index contributed by atoms with van der Waals surface area (Å²) in [5.74, 6) is 0. The average molecular weight is 490 g/mol. The van der Waals surface area contributed by atoms with Crippen LogP contribution in [-0.2, 0) is 16.2 Å². The van der Waals surface area contributed by atoms with Gasteiger partial charge in [0.2, 0.25) is 10.0 Å². The van der Waals surface area contributed by atoms with Crippen molar-refractivity contribution < 1.29 is 21.6 Å². The standard InChI is InChI=1S/C18H15ClF3N5O2S2/c1-26(17(23)30)11-4-7-13(14(19)8-11)15-9-16(18(20,21)22)25-27(15)10-2-5-12(6-3-10)31(24,28)29/h2-9H,1H3,(H2,23,30)(H2,24,28,29). The van der Waals surface area contributed by atoms with Gasteiger partial charge in [0, 0.05) is 18.3 Å². The van der Waals surface area contributed by atoms with E-state index in [1.54, 1.807) is 13.1 Å². The number of rotatable bonds is 4. The van der Waals surface area contributed by atoms with E-state index in [2.05, 4.69) is 5.10 Å². The van der Waals surface area contributed by atoms with Crippen molar-refractivity contribution in [3.8, 4) is 16.9 Å². The monoisotopic (exact) mass is 489 g/mol. The molecule has 3 aromatic rings. The predicted octanol–water partition coefficient (Wildman–Crippen LogP) is 3.54. The van der Waals surface area contributed by atoms with Crippen molar-refractivity contribution in [1.29, 1.82) is 0 Å². The number of benzene rings is 2. The molecule has 0 unspecified atom stereocenters. The number of alkyl halides is 3. The lowest BCUT2D eigenvalue weighted by Crippen LogP contribution is -2.31. The van der Waals surface area contributed by atoms with Gasteiger partial charge >= 0.3 is 6.18 Å². The molecule has 0 saturated carbocycles. The van der Waals surface area contributed by atoms with E-state index < -0.39 is 21.9 Å². The number of nitrogens with two attached hydrogens (primary N) is 2. The number of primary sulfonamides is 1. The molecule has 0 aliphatic carbocycles. The van der Waals surface area contributed by atoms with E-state index in [0.29, 0.717) is 5.69 Å². The van der Waals surface area contributed by atoms with Crippen molar-refractivity contribution in [2.45, 2.75) is 11.1 Å². The number of halogens is 4. The molecule has 0 radical (unpaired) electrons. The van der Waals surface area contributed by atoms with Crippen LogP contribution in [0.15, 0.2) is 53.4 Å². The van der Waals surface area contributed by atoms with Gasteiger partial charge in [-0.25, -0.2) is 18.2 Å². The van der Waals surface area contributed by atoms with Gasteiger partial charge in [0.05, 0.1) is 21.3 Å². The maximum atomic E-state index is 13.4. The Morgan fingerprint density at radius 1 is 1.16 bits per heavy atom. The summed E-state index contributed by atoms with van der Waals surface area (Å²) < 4.78 is 64.0. The Morgan fingerprint density at radius 3 is 2.26 bits per heavy atom. The van der Waals surface area contributed by atoms with Gasteiger partial charge in [0.1, 0.15) is 0 Å². The summed E-state index contributed by atoms with van der Waals surface area (Å²) in [5.41, 5.74) is 5.48. The molecule has 31 heavy (non-hydrogen) atoms. The van der Waals surface area contributed by atoms with E-state index in [0.717, 1.165) is 10.7 Å². The summed E-state index contributed by atoms with van der Waals surface area (Å²) in [4.78, 5) is 1.29. The second-order valence-corrected chi connectivity index (χ2v) is 8.81. The van der Waals surface area contributed by atoms with Crippen LogP contribution in [0.25, 0.3) is 16.9 Å². The Balaban J connectivity index is 2.17. The molecule has 0 fully saturated rings. The smallest absolute Gasteiger partial charge is 0.376 e. The van der Waals surface area contributed by atoms with Gasteiger partial charge in [0.25, 0.3) is 0 Å². The first-order valence-electron chi connectivity index (χ1n) is 8.42. The number of hydrogen-bond acceptors (Lipinski definition) is 4. The second-order valence-electron chi connectivity index (χ2n) is 6.42. The maximum absolute atomic E-state index is 13.4. The Bertz CT molecular complexity index is 1260. The van der Waals surface area contributed by atoms with E-state index in [-0.39, 0.29) is 32.0 Å². The van der Waals surface area contributed by atoms with Crippen LogP contribution in [0.4, 0.5) is 18.9 Å². The van der Waals surface area contributed by atoms with Crippen LogP contribution in [0.1, 0.15) is 5.69 Å². The average Bonchev–Trinajstić information content (AvgIpc) is 3.12. The molecule has 0 aliphatic heterocycles. The van der Waals surface area contributed by atoms with E-state index >= 15 is 0 Å². The van der Waals surface area contributed by atoms with Crippen LogP contribution < -0.4 is 15.8 Å². The molecule has 7 nitrogen and oxygen atoms in total. The summed E-state index contributed by atoms with van der Waals surface area (Å²) in [7, 11) is -2.35. The Kier molecular flexibility index (Phi) is 6.02. The van der Waals surface area contributed by atoms with E-state index in [1.165, 1.54) is 41.3 Å². The van der Waals surface area contributed by atoms with Gasteiger partial charge in [0.15, 0.2) is 10.8 Å². The van der Waals surface area contributed by atoms with Crippen LogP contribution >= 0.6 is 23.8 Å². The molecular formula is C18H15ClF3N5O2S2. The normalized spacial score (nSPS) is 12.1. The van der Waals surface area contributed by atoms with E-state index in [9.17, 15) is 21.6 Å². The highest BCUT2D eigenvalue weighted by molar-refractivity contribution is 7.89. The van der Waals surface area contributed by atoms with E-state index in [1.807, 2.05) is 0 Å². The Hall–Kier alpha value is -2.67. The molecule has 0 bridgehead atoms. The molecule has 2 aromatic carbocycles. The van der Waals surface area contributed by atoms with Crippen molar-refractivity contribution in [1.82, 2.24) is 9.78 Å². The Morgan fingerprint density at radius 2 is 1.77 bits per heavy atom. The first-order valence-corrected chi connectivity index (χ1v) is 10.8. The summed E-state index contributed by atoms with van der Waals surface area (Å²) in [6.07, 6.45) is -4.71. The first-order chi connectivity index (χ1) is 14.3. The van der Waals surface area contributed by atoms with Crippen LogP contribution in [0.5, 0.6) is 0 Å². The molecule has 0 atom stereocenters. The fraction of sp³-hybridized carbons (Fsp3) is 0.111. The summed E-state index contributed by atoms with van der Waals surface area (Å²) >= 11 is 11.3. The molecule has 13 heteroatoms. The van der Waals surface area contributed by atoms with Crippen LogP contribution in [0, 0.1) is 0 Å². The molecule has 164 valence electrons. The fourth-order valence-electron chi connectivity index (χ4n) is 2.73. The zero-order valence-electron chi connectivity index (χ0n) is 15.8. The molecule has 0 saturated heterocycles. The minimum absolute atomic E-state index is 0.0465. The van der Waals surface area contributed by atoms with Gasteiger partial charge in [-0.3, -0.25) is 0 Å². The summed E-state index contributed by atoms with van der Waals surface area (Å²) in [6, 6.07) is 10.4. The van der Waals surface area contributed by atoms with Crippen LogP contribution in [0.3, 0.4) is 0 Å². The van der Waals surface area contributed by atoms with Gasteiger partial charge < -0.3 is 10.6 Å². The quantitative estimate of drug-likeness (QED) is 0.543. The number of thiocarbonyl (C=S) groups is 1. The fourth-order valence-corrected chi connectivity index (χ4v) is 3.63. The van der Waals surface area contributed by atoms with Gasteiger partial charge in [-0.2, -0.15) is 18.3 Å². The summed E-state index contributed by atoms with van der Waals surface area (Å²) in [6.45, 7) is 0. The number of aromatic nitrogens is 2. The molecule has 0 amide bonds. The molecule has 1 heterocycles. The Labute approximate surface area is 186 Å². The van der Waals surface area contributed by atoms with Crippen molar-refractivity contribution in [3.63, 3.8) is 0 Å². The van der Waals surface area contributed by atoms with Crippen molar-refractivity contribution in [2.75, 3.05) is 11.9 Å². The third-order valence-corrected chi connectivity index (χ3v) is 5.87. The zero-order valence-corrected chi connectivity index (χ0v) is 18.1. The highest BCUT2D eigenvalue weighted by atomic mass is 35.5. The molecule has 0 aliphatic rings. The predicted molar refractivity (Wildman–Crippen MR) is 116 cm³/mol. The first kappa shape index (κ1) is 23.0. The molecular weight excluding hydrogens is 475 g/mol. The minimum Gasteiger partial charge on any atom is -0.376 e. The number of hydrogen-bond donors (Lipinski definition) is 2. The van der Waals surface area contributed by atoms with Gasteiger partial charge in [-0.15, -0.1) is 0 Å². The SMILES string of the molecule is CN(C(N)=S)c1ccc(-c2cc(C(F)(F)F)nn2-c2ccc(S(N)(=O)=O)cc2)c(Cl)c1. The largest absolute Gasteiger partial charge is 0.435 e. The molecule has 4 N–H and O–H groups in total. The van der Waals surface area contributed by atoms with Crippen molar-refractivity contribution >= 4 is 44.6 Å². The highest BCUT2D eigenvalue weighted by Gasteiger charge is 2.35. The number of sulfonamides is 1. The minimum atomic E-state index is -4.71. The van der Waals surface area contributed by atoms with E-state index in [4.69, 9.17) is 34.7 Å². The van der Waals surface area contributed by atoms with Crippen LogP contribution in [-0.4, -0.2) is 30.4 Å². The van der Waals surface area contributed by atoms with Crippen LogP contribution in [0.2, 0.25) is 5.02 Å². The topological polar surface area (TPSA) is 107 Å².